The van der Waals surface area contributed by atoms with Crippen LogP contribution in [0.25, 0.3) is 5.65 Å². The Labute approximate surface area is 120 Å². The molecule has 2 heterocycles. The van der Waals surface area contributed by atoms with Crippen molar-refractivity contribution < 1.29 is 9.47 Å². The lowest BCUT2D eigenvalue weighted by molar-refractivity contribution is 0.294. The molecule has 0 aliphatic heterocycles. The van der Waals surface area contributed by atoms with Gasteiger partial charge in [0.2, 0.25) is 0 Å². The smallest absolute Gasteiger partial charge is 0.175 e. The van der Waals surface area contributed by atoms with Crippen LogP contribution in [-0.4, -0.2) is 21.7 Å². The van der Waals surface area contributed by atoms with Gasteiger partial charge in [0.1, 0.15) is 18.1 Å². The molecule has 0 saturated carbocycles. The average molecular weight is 290 g/mol. The van der Waals surface area contributed by atoms with Gasteiger partial charge in [-0.15, -0.1) is 10.2 Å². The number of methoxy groups -OCH3 is 1. The van der Waals surface area contributed by atoms with Crippen LogP contribution in [-0.2, 0) is 6.61 Å². The fourth-order valence-corrected chi connectivity index (χ4v) is 1.99. The van der Waals surface area contributed by atoms with Crippen LogP contribution in [0.4, 0.5) is 0 Å². The molecular weight excluding hydrogens is 278 g/mol. The van der Waals surface area contributed by atoms with E-state index < -0.39 is 0 Å². The Morgan fingerprint density at radius 3 is 2.60 bits per heavy atom. The van der Waals surface area contributed by atoms with E-state index >= 15 is 0 Å². The molecule has 0 aliphatic rings. The zero-order chi connectivity index (χ0) is 13.9. The molecule has 0 spiro atoms. The van der Waals surface area contributed by atoms with Crippen molar-refractivity contribution in [1.29, 1.82) is 0 Å². The fourth-order valence-electron chi connectivity index (χ4n) is 1.83. The standard InChI is InChI=1S/C14H12ClN3O2/c1-19-11-2-4-12(5-3-11)20-9-14-17-16-13-8-10(15)6-7-18(13)14/h2-8H,9H2,1H3. The van der Waals surface area contributed by atoms with Crippen LogP contribution >= 0.6 is 11.6 Å². The SMILES string of the molecule is COc1ccc(OCc2nnc3cc(Cl)ccn23)cc1. The van der Waals surface area contributed by atoms with Crippen molar-refractivity contribution in [3.8, 4) is 11.5 Å². The predicted octanol–water partition coefficient (Wildman–Crippen LogP) is 2.97. The first kappa shape index (κ1) is 12.7. The zero-order valence-electron chi connectivity index (χ0n) is 10.8. The number of hydrogen-bond acceptors (Lipinski definition) is 4. The van der Waals surface area contributed by atoms with Crippen molar-refractivity contribution in [2.45, 2.75) is 6.61 Å². The molecule has 102 valence electrons. The monoisotopic (exact) mass is 289 g/mol. The summed E-state index contributed by atoms with van der Waals surface area (Å²) in [6.07, 6.45) is 1.82. The van der Waals surface area contributed by atoms with Gasteiger partial charge in [0.05, 0.1) is 7.11 Å². The highest BCUT2D eigenvalue weighted by molar-refractivity contribution is 6.30. The summed E-state index contributed by atoms with van der Waals surface area (Å²) in [4.78, 5) is 0. The molecule has 0 fully saturated rings. The first-order chi connectivity index (χ1) is 9.76. The number of pyridine rings is 1. The van der Waals surface area contributed by atoms with Crippen molar-refractivity contribution in [3.05, 3.63) is 53.4 Å². The van der Waals surface area contributed by atoms with E-state index in [1.165, 1.54) is 0 Å². The third kappa shape index (κ3) is 2.53. The summed E-state index contributed by atoms with van der Waals surface area (Å²) in [5.41, 5.74) is 0.700. The third-order valence-corrected chi connectivity index (χ3v) is 3.11. The van der Waals surface area contributed by atoms with E-state index in [9.17, 15) is 0 Å². The maximum absolute atomic E-state index is 5.91. The molecule has 5 nitrogen and oxygen atoms in total. The first-order valence-electron chi connectivity index (χ1n) is 6.02. The van der Waals surface area contributed by atoms with Crippen LogP contribution in [0.3, 0.4) is 0 Å². The molecule has 6 heteroatoms. The molecular formula is C14H12ClN3O2. The lowest BCUT2D eigenvalue weighted by Gasteiger charge is -2.06. The van der Waals surface area contributed by atoms with Crippen LogP contribution in [0, 0.1) is 0 Å². The second kappa shape index (κ2) is 5.38. The largest absolute Gasteiger partial charge is 0.497 e. The summed E-state index contributed by atoms with van der Waals surface area (Å²) in [6.45, 7) is 0.328. The van der Waals surface area contributed by atoms with Crippen LogP contribution in [0.2, 0.25) is 5.02 Å². The minimum atomic E-state index is 0.328. The molecule has 0 unspecified atom stereocenters. The van der Waals surface area contributed by atoms with Crippen LogP contribution in [0.1, 0.15) is 5.82 Å². The number of halogens is 1. The van der Waals surface area contributed by atoms with Gasteiger partial charge in [-0.1, -0.05) is 11.6 Å². The lowest BCUT2D eigenvalue weighted by atomic mass is 10.3. The molecule has 0 saturated heterocycles. The van der Waals surface area contributed by atoms with Gasteiger partial charge >= 0.3 is 0 Å². The van der Waals surface area contributed by atoms with Gasteiger partial charge in [-0.3, -0.25) is 4.40 Å². The van der Waals surface area contributed by atoms with Gasteiger partial charge in [0, 0.05) is 17.3 Å². The number of benzene rings is 1. The summed E-state index contributed by atoms with van der Waals surface area (Å²) in [5, 5.41) is 8.77. The molecule has 0 bridgehead atoms. The highest BCUT2D eigenvalue weighted by atomic mass is 35.5. The van der Waals surface area contributed by atoms with Crippen LogP contribution < -0.4 is 9.47 Å². The normalized spacial score (nSPS) is 10.7. The first-order valence-corrected chi connectivity index (χ1v) is 6.40. The molecule has 0 aliphatic carbocycles. The van der Waals surface area contributed by atoms with E-state index in [4.69, 9.17) is 21.1 Å². The number of hydrogen-bond donors (Lipinski definition) is 0. The Kier molecular flexibility index (Phi) is 3.43. The van der Waals surface area contributed by atoms with E-state index in [0.717, 1.165) is 11.5 Å². The minimum Gasteiger partial charge on any atom is -0.497 e. The van der Waals surface area contributed by atoms with E-state index in [0.29, 0.717) is 23.1 Å². The number of rotatable bonds is 4. The molecule has 3 aromatic rings. The summed E-state index contributed by atoms with van der Waals surface area (Å²) in [6, 6.07) is 10.9. The Morgan fingerprint density at radius 1 is 1.10 bits per heavy atom. The zero-order valence-corrected chi connectivity index (χ0v) is 11.5. The maximum Gasteiger partial charge on any atom is 0.175 e. The molecule has 20 heavy (non-hydrogen) atoms. The molecule has 0 amide bonds. The Morgan fingerprint density at radius 2 is 1.85 bits per heavy atom. The number of ether oxygens (including phenoxy) is 2. The molecule has 1 aromatic carbocycles. The Hall–Kier alpha value is -2.27. The predicted molar refractivity (Wildman–Crippen MR) is 75.3 cm³/mol. The summed E-state index contributed by atoms with van der Waals surface area (Å²) in [7, 11) is 1.63. The number of nitrogens with zero attached hydrogens (tertiary/aromatic N) is 3. The van der Waals surface area contributed by atoms with Crippen molar-refractivity contribution in [2.24, 2.45) is 0 Å². The molecule has 0 N–H and O–H groups in total. The molecule has 2 aromatic heterocycles. The topological polar surface area (TPSA) is 48.7 Å². The second-order valence-electron chi connectivity index (χ2n) is 4.15. The van der Waals surface area contributed by atoms with Gasteiger partial charge in [-0.25, -0.2) is 0 Å². The lowest BCUT2D eigenvalue weighted by Crippen LogP contribution is -2.01. The summed E-state index contributed by atoms with van der Waals surface area (Å²) in [5.74, 6) is 2.25. The van der Waals surface area contributed by atoms with Crippen LogP contribution in [0.5, 0.6) is 11.5 Å². The van der Waals surface area contributed by atoms with Crippen molar-refractivity contribution in [3.63, 3.8) is 0 Å². The minimum absolute atomic E-state index is 0.328. The number of aromatic nitrogens is 3. The van der Waals surface area contributed by atoms with E-state index in [2.05, 4.69) is 10.2 Å². The average Bonchev–Trinajstić information content (AvgIpc) is 2.88. The Balaban J connectivity index is 1.76. The van der Waals surface area contributed by atoms with Gasteiger partial charge in [0.25, 0.3) is 0 Å². The van der Waals surface area contributed by atoms with E-state index in [1.807, 2.05) is 34.9 Å². The van der Waals surface area contributed by atoms with Gasteiger partial charge < -0.3 is 9.47 Å². The third-order valence-electron chi connectivity index (χ3n) is 2.87. The van der Waals surface area contributed by atoms with E-state index in [-0.39, 0.29) is 0 Å². The van der Waals surface area contributed by atoms with Gasteiger partial charge in [0.15, 0.2) is 11.5 Å². The van der Waals surface area contributed by atoms with Crippen LogP contribution in [0.15, 0.2) is 42.6 Å². The van der Waals surface area contributed by atoms with Crippen molar-refractivity contribution in [1.82, 2.24) is 14.6 Å². The fraction of sp³-hybridized carbons (Fsp3) is 0.143. The molecule has 0 atom stereocenters. The second-order valence-corrected chi connectivity index (χ2v) is 4.59. The quantitative estimate of drug-likeness (QED) is 0.741. The van der Waals surface area contributed by atoms with Gasteiger partial charge in [-0.2, -0.15) is 0 Å². The van der Waals surface area contributed by atoms with Crippen molar-refractivity contribution in [2.75, 3.05) is 7.11 Å². The highest BCUT2D eigenvalue weighted by Gasteiger charge is 2.06. The molecule has 0 radical (unpaired) electrons. The maximum atomic E-state index is 5.91. The number of fused-ring (bicyclic) bond motifs is 1. The van der Waals surface area contributed by atoms with E-state index in [1.54, 1.807) is 19.2 Å². The highest BCUT2D eigenvalue weighted by Crippen LogP contribution is 2.18. The summed E-state index contributed by atoms with van der Waals surface area (Å²) < 4.78 is 12.6. The summed E-state index contributed by atoms with van der Waals surface area (Å²) >= 11 is 5.91. The Bertz CT molecular complexity index is 725. The molecule has 3 rings (SSSR count). The van der Waals surface area contributed by atoms with Gasteiger partial charge in [-0.05, 0) is 30.3 Å². The van der Waals surface area contributed by atoms with Crippen molar-refractivity contribution >= 4 is 17.2 Å².